The Morgan fingerprint density at radius 1 is 1.03 bits per heavy atom. The highest BCUT2D eigenvalue weighted by Gasteiger charge is 2.25. The number of aromatic nitrogens is 6. The topological polar surface area (TPSA) is 111 Å². The molecule has 0 amide bonds. The van der Waals surface area contributed by atoms with Crippen LogP contribution in [0.5, 0.6) is 5.88 Å². The van der Waals surface area contributed by atoms with Crippen LogP contribution in [0.4, 0.5) is 11.8 Å². The predicted molar refractivity (Wildman–Crippen MR) is 144 cm³/mol. The van der Waals surface area contributed by atoms with Crippen molar-refractivity contribution in [3.63, 3.8) is 0 Å². The lowest BCUT2D eigenvalue weighted by Crippen LogP contribution is -2.47. The van der Waals surface area contributed by atoms with E-state index in [-0.39, 0.29) is 5.78 Å². The second-order valence-corrected chi connectivity index (χ2v) is 9.21. The molecule has 0 bridgehead atoms. The van der Waals surface area contributed by atoms with Crippen molar-refractivity contribution in [2.75, 3.05) is 43.1 Å². The van der Waals surface area contributed by atoms with Crippen LogP contribution in [0, 0.1) is 0 Å². The van der Waals surface area contributed by atoms with Gasteiger partial charge in [-0.1, -0.05) is 18.5 Å². The van der Waals surface area contributed by atoms with E-state index < -0.39 is 11.7 Å². The van der Waals surface area contributed by atoms with Crippen molar-refractivity contribution in [2.24, 2.45) is 0 Å². The standard InChI is InChI=1S/C26H27ClN8O3/c1-3-21(24(36)18-4-6-19(27)7-5-18)35-26(37)34(17-30-35)20-8-9-22(29-16-20)32-12-14-33(15-13-32)25-28-11-10-23(31-25)38-2/h4-11,16-17,21H,3,12-15H2,1-2H3. The van der Waals surface area contributed by atoms with Crippen molar-refractivity contribution in [3.8, 4) is 11.6 Å². The van der Waals surface area contributed by atoms with Crippen LogP contribution in [0.25, 0.3) is 5.69 Å². The van der Waals surface area contributed by atoms with Crippen molar-refractivity contribution >= 4 is 29.2 Å². The number of nitrogens with zero attached hydrogens (tertiary/aromatic N) is 8. The quantitative estimate of drug-likeness (QED) is 0.315. The summed E-state index contributed by atoms with van der Waals surface area (Å²) < 4.78 is 7.82. The molecule has 3 aromatic heterocycles. The van der Waals surface area contributed by atoms with Crippen LogP contribution < -0.4 is 20.2 Å². The van der Waals surface area contributed by atoms with Gasteiger partial charge in [-0.2, -0.15) is 10.1 Å². The van der Waals surface area contributed by atoms with Crippen LogP contribution in [0.2, 0.25) is 5.02 Å². The fourth-order valence-corrected chi connectivity index (χ4v) is 4.55. The Hall–Kier alpha value is -4.25. The molecule has 4 heterocycles. The monoisotopic (exact) mass is 534 g/mol. The predicted octanol–water partition coefficient (Wildman–Crippen LogP) is 3.04. The highest BCUT2D eigenvalue weighted by atomic mass is 35.5. The largest absolute Gasteiger partial charge is 0.481 e. The summed E-state index contributed by atoms with van der Waals surface area (Å²) in [4.78, 5) is 43.9. The molecule has 1 atom stereocenters. The number of rotatable bonds is 8. The average molecular weight is 535 g/mol. The van der Waals surface area contributed by atoms with Gasteiger partial charge in [-0.3, -0.25) is 4.79 Å². The maximum Gasteiger partial charge on any atom is 0.351 e. The fraction of sp³-hybridized carbons (Fsp3) is 0.308. The first-order valence-electron chi connectivity index (χ1n) is 12.3. The Morgan fingerprint density at radius 2 is 1.76 bits per heavy atom. The Morgan fingerprint density at radius 3 is 2.42 bits per heavy atom. The maximum absolute atomic E-state index is 13.2. The van der Waals surface area contributed by atoms with E-state index in [1.807, 2.05) is 19.1 Å². The number of ether oxygens (including phenoxy) is 1. The summed E-state index contributed by atoms with van der Waals surface area (Å²) >= 11 is 5.94. The molecule has 196 valence electrons. The molecule has 1 fully saturated rings. The number of ketones is 1. The molecule has 0 aliphatic carbocycles. The second-order valence-electron chi connectivity index (χ2n) is 8.77. The number of halogens is 1. The molecular weight excluding hydrogens is 508 g/mol. The number of pyridine rings is 1. The van der Waals surface area contributed by atoms with Gasteiger partial charge in [0.25, 0.3) is 0 Å². The van der Waals surface area contributed by atoms with Crippen LogP contribution in [0.1, 0.15) is 29.7 Å². The highest BCUT2D eigenvalue weighted by Crippen LogP contribution is 2.20. The minimum Gasteiger partial charge on any atom is -0.481 e. The zero-order valence-electron chi connectivity index (χ0n) is 21.1. The van der Waals surface area contributed by atoms with Gasteiger partial charge in [-0.25, -0.2) is 24.0 Å². The third-order valence-corrected chi connectivity index (χ3v) is 6.78. The van der Waals surface area contributed by atoms with E-state index in [4.69, 9.17) is 16.3 Å². The SMILES string of the molecule is CCC(C(=O)c1ccc(Cl)cc1)n1ncn(-c2ccc(N3CCN(c4nccc(OC)n4)CC3)nc2)c1=O. The molecule has 38 heavy (non-hydrogen) atoms. The number of benzene rings is 1. The van der Waals surface area contributed by atoms with Crippen molar-refractivity contribution in [3.05, 3.63) is 82.3 Å². The first-order valence-corrected chi connectivity index (χ1v) is 12.7. The van der Waals surface area contributed by atoms with Gasteiger partial charge in [0.15, 0.2) is 5.78 Å². The average Bonchev–Trinajstić information content (AvgIpc) is 3.34. The van der Waals surface area contributed by atoms with Gasteiger partial charge < -0.3 is 14.5 Å². The number of hydrogen-bond donors (Lipinski definition) is 0. The molecular formula is C26H27ClN8O3. The first-order chi connectivity index (χ1) is 18.5. The highest BCUT2D eigenvalue weighted by molar-refractivity contribution is 6.30. The molecule has 11 nitrogen and oxygen atoms in total. The number of methoxy groups -OCH3 is 1. The molecule has 4 aromatic rings. The summed E-state index contributed by atoms with van der Waals surface area (Å²) in [5.41, 5.74) is 0.648. The van der Waals surface area contributed by atoms with Gasteiger partial charge in [-0.05, 0) is 42.8 Å². The van der Waals surface area contributed by atoms with Crippen molar-refractivity contribution in [1.82, 2.24) is 29.3 Å². The number of carbonyl (C=O) groups is 1. The summed E-state index contributed by atoms with van der Waals surface area (Å²) in [7, 11) is 1.58. The third kappa shape index (κ3) is 5.10. The molecule has 1 aromatic carbocycles. The van der Waals surface area contributed by atoms with Crippen molar-refractivity contribution < 1.29 is 9.53 Å². The van der Waals surface area contributed by atoms with Crippen LogP contribution >= 0.6 is 11.6 Å². The van der Waals surface area contributed by atoms with E-state index in [9.17, 15) is 9.59 Å². The summed E-state index contributed by atoms with van der Waals surface area (Å²) in [6, 6.07) is 11.3. The molecule has 0 radical (unpaired) electrons. The van der Waals surface area contributed by atoms with Crippen LogP contribution in [-0.4, -0.2) is 68.4 Å². The maximum atomic E-state index is 13.2. The third-order valence-electron chi connectivity index (χ3n) is 6.53. The summed E-state index contributed by atoms with van der Waals surface area (Å²) in [6.07, 6.45) is 5.17. The number of Topliss-reactive ketones (excluding diaryl/α,β-unsaturated/α-hetero) is 1. The first kappa shape index (κ1) is 25.4. The van der Waals surface area contributed by atoms with Gasteiger partial charge in [0.1, 0.15) is 18.2 Å². The van der Waals surface area contributed by atoms with Gasteiger partial charge in [-0.15, -0.1) is 0 Å². The summed E-state index contributed by atoms with van der Waals surface area (Å²) in [6.45, 7) is 4.82. The molecule has 5 rings (SSSR count). The Labute approximate surface area is 224 Å². The molecule has 1 saturated heterocycles. The van der Waals surface area contributed by atoms with E-state index in [1.165, 1.54) is 15.6 Å². The number of piperazine rings is 1. The molecule has 0 spiro atoms. The summed E-state index contributed by atoms with van der Waals surface area (Å²) in [5.74, 6) is 1.80. The van der Waals surface area contributed by atoms with Crippen LogP contribution in [-0.2, 0) is 0 Å². The number of anilines is 2. The second kappa shape index (κ2) is 11.0. The molecule has 1 aliphatic heterocycles. The van der Waals surface area contributed by atoms with Crippen molar-refractivity contribution in [1.29, 1.82) is 0 Å². The lowest BCUT2D eigenvalue weighted by atomic mass is 10.0. The van der Waals surface area contributed by atoms with E-state index in [1.54, 1.807) is 49.8 Å². The zero-order valence-corrected chi connectivity index (χ0v) is 21.8. The van der Waals surface area contributed by atoms with Crippen LogP contribution in [0.15, 0.2) is 66.0 Å². The van der Waals surface area contributed by atoms with Gasteiger partial charge in [0.2, 0.25) is 11.8 Å². The Kier molecular flexibility index (Phi) is 7.36. The molecule has 0 N–H and O–H groups in total. The van der Waals surface area contributed by atoms with E-state index in [0.717, 1.165) is 32.0 Å². The number of carbonyl (C=O) groups excluding carboxylic acids is 1. The lowest BCUT2D eigenvalue weighted by Gasteiger charge is -2.35. The van der Waals surface area contributed by atoms with Crippen LogP contribution in [0.3, 0.4) is 0 Å². The Bertz CT molecular complexity index is 1460. The minimum atomic E-state index is -0.720. The zero-order chi connectivity index (χ0) is 26.6. The van der Waals surface area contributed by atoms with Gasteiger partial charge in [0, 0.05) is 49.0 Å². The van der Waals surface area contributed by atoms with Gasteiger partial charge >= 0.3 is 5.69 Å². The normalized spacial score (nSPS) is 14.4. The van der Waals surface area contributed by atoms with Crippen molar-refractivity contribution in [2.45, 2.75) is 19.4 Å². The Balaban J connectivity index is 1.28. The summed E-state index contributed by atoms with van der Waals surface area (Å²) in [5, 5.41) is 4.79. The van der Waals surface area contributed by atoms with E-state index in [0.29, 0.717) is 34.5 Å². The van der Waals surface area contributed by atoms with Gasteiger partial charge in [0.05, 0.1) is 19.0 Å². The smallest absolute Gasteiger partial charge is 0.351 e. The molecule has 1 unspecified atom stereocenters. The molecule has 12 heteroatoms. The molecule has 0 saturated carbocycles. The van der Waals surface area contributed by atoms with E-state index >= 15 is 0 Å². The lowest BCUT2D eigenvalue weighted by molar-refractivity contribution is 0.0911. The molecule has 1 aliphatic rings. The van der Waals surface area contributed by atoms with E-state index in [2.05, 4.69) is 29.9 Å². The fourth-order valence-electron chi connectivity index (χ4n) is 4.43. The minimum absolute atomic E-state index is 0.191. The number of hydrogen-bond acceptors (Lipinski definition) is 9.